The van der Waals surface area contributed by atoms with Crippen LogP contribution in [0.4, 0.5) is 11.5 Å². The average molecular weight is 328 g/mol. The van der Waals surface area contributed by atoms with E-state index in [1.165, 1.54) is 12.4 Å². The number of hydrogen-bond donors (Lipinski definition) is 2. The van der Waals surface area contributed by atoms with Crippen molar-refractivity contribution in [1.82, 2.24) is 15.3 Å². The first-order valence-corrected chi connectivity index (χ1v) is 7.89. The van der Waals surface area contributed by atoms with E-state index < -0.39 is 0 Å². The van der Waals surface area contributed by atoms with Gasteiger partial charge in [0.1, 0.15) is 24.7 Å². The number of fused-ring (bicyclic) bond motifs is 1. The van der Waals surface area contributed by atoms with Gasteiger partial charge < -0.3 is 20.1 Å². The molecule has 0 radical (unpaired) electrons. The van der Waals surface area contributed by atoms with Crippen LogP contribution in [0.3, 0.4) is 0 Å². The summed E-state index contributed by atoms with van der Waals surface area (Å²) >= 11 is 0. The number of ether oxygens (including phenoxy) is 2. The minimum absolute atomic E-state index is 0.220. The Hall–Kier alpha value is -2.83. The first-order valence-electron chi connectivity index (χ1n) is 7.89. The van der Waals surface area contributed by atoms with Crippen LogP contribution in [-0.4, -0.2) is 35.6 Å². The highest BCUT2D eigenvalue weighted by molar-refractivity contribution is 5.92. The first kappa shape index (κ1) is 16.0. The van der Waals surface area contributed by atoms with Crippen molar-refractivity contribution in [2.45, 2.75) is 13.8 Å². The lowest BCUT2D eigenvalue weighted by atomic mass is 10.2. The van der Waals surface area contributed by atoms with Crippen LogP contribution in [0.5, 0.6) is 11.5 Å². The summed E-state index contributed by atoms with van der Waals surface area (Å²) in [4.78, 5) is 20.3. The molecule has 0 bridgehead atoms. The Morgan fingerprint density at radius 1 is 1.17 bits per heavy atom. The molecular formula is C17H20N4O3. The summed E-state index contributed by atoms with van der Waals surface area (Å²) < 4.78 is 11.0. The third-order valence-corrected chi connectivity index (χ3v) is 3.37. The lowest BCUT2D eigenvalue weighted by Crippen LogP contribution is -2.28. The number of rotatable bonds is 5. The maximum atomic E-state index is 11.9. The summed E-state index contributed by atoms with van der Waals surface area (Å²) in [6.07, 6.45) is 2.98. The zero-order valence-corrected chi connectivity index (χ0v) is 13.7. The van der Waals surface area contributed by atoms with Crippen molar-refractivity contribution in [3.63, 3.8) is 0 Å². The molecule has 0 saturated carbocycles. The molecule has 0 atom stereocenters. The van der Waals surface area contributed by atoms with Gasteiger partial charge in [0, 0.05) is 18.3 Å². The third kappa shape index (κ3) is 3.92. The minimum Gasteiger partial charge on any atom is -0.486 e. The molecule has 7 nitrogen and oxygen atoms in total. The number of hydrogen-bond acceptors (Lipinski definition) is 6. The topological polar surface area (TPSA) is 85.4 Å². The zero-order valence-electron chi connectivity index (χ0n) is 13.7. The van der Waals surface area contributed by atoms with Crippen LogP contribution in [0.15, 0.2) is 30.6 Å². The van der Waals surface area contributed by atoms with Gasteiger partial charge >= 0.3 is 0 Å². The molecule has 24 heavy (non-hydrogen) atoms. The van der Waals surface area contributed by atoms with Crippen LogP contribution in [-0.2, 0) is 0 Å². The molecule has 1 aliphatic heterocycles. The fourth-order valence-electron chi connectivity index (χ4n) is 2.17. The number of benzene rings is 1. The predicted molar refractivity (Wildman–Crippen MR) is 89.9 cm³/mol. The maximum Gasteiger partial charge on any atom is 0.271 e. The lowest BCUT2D eigenvalue weighted by Gasteiger charge is -2.19. The van der Waals surface area contributed by atoms with Crippen molar-refractivity contribution >= 4 is 17.4 Å². The summed E-state index contributed by atoms with van der Waals surface area (Å²) in [6.45, 7) is 5.78. The van der Waals surface area contributed by atoms with Gasteiger partial charge in [0.2, 0.25) is 0 Å². The Morgan fingerprint density at radius 2 is 1.96 bits per heavy atom. The zero-order chi connectivity index (χ0) is 16.9. The Morgan fingerprint density at radius 3 is 2.67 bits per heavy atom. The monoisotopic (exact) mass is 328 g/mol. The van der Waals surface area contributed by atoms with E-state index in [1.807, 2.05) is 32.0 Å². The van der Waals surface area contributed by atoms with Crippen molar-refractivity contribution in [1.29, 1.82) is 0 Å². The van der Waals surface area contributed by atoms with E-state index in [2.05, 4.69) is 20.6 Å². The van der Waals surface area contributed by atoms with E-state index in [1.54, 1.807) is 0 Å². The third-order valence-electron chi connectivity index (χ3n) is 3.37. The van der Waals surface area contributed by atoms with E-state index in [0.717, 1.165) is 11.4 Å². The molecule has 3 rings (SSSR count). The number of aromatic nitrogens is 2. The standard InChI is InChI=1S/C17H20N4O3/c1-11(2)8-20-17(22)13-9-19-16(10-18-13)21-12-3-4-14-15(7-12)24-6-5-23-14/h3-4,7,9-11H,5-6,8H2,1-2H3,(H,19,21)(H,20,22). The van der Waals surface area contributed by atoms with Crippen LogP contribution in [0.2, 0.25) is 0 Å². The van der Waals surface area contributed by atoms with Gasteiger partial charge in [-0.1, -0.05) is 13.8 Å². The highest BCUT2D eigenvalue weighted by Gasteiger charge is 2.12. The lowest BCUT2D eigenvalue weighted by molar-refractivity contribution is 0.0943. The van der Waals surface area contributed by atoms with Crippen molar-refractivity contribution in [3.8, 4) is 11.5 Å². The normalized spacial score (nSPS) is 12.8. The fraction of sp³-hybridized carbons (Fsp3) is 0.353. The molecule has 1 aromatic carbocycles. The van der Waals surface area contributed by atoms with Gasteiger partial charge in [-0.2, -0.15) is 0 Å². The summed E-state index contributed by atoms with van der Waals surface area (Å²) in [7, 11) is 0. The van der Waals surface area contributed by atoms with Crippen molar-refractivity contribution in [3.05, 3.63) is 36.3 Å². The van der Waals surface area contributed by atoms with Crippen LogP contribution in [0.25, 0.3) is 0 Å². The van der Waals surface area contributed by atoms with Gasteiger partial charge in [-0.05, 0) is 18.1 Å². The minimum atomic E-state index is -0.220. The highest BCUT2D eigenvalue weighted by atomic mass is 16.6. The van der Waals surface area contributed by atoms with Crippen molar-refractivity contribution in [2.75, 3.05) is 25.1 Å². The molecule has 0 saturated heterocycles. The van der Waals surface area contributed by atoms with Gasteiger partial charge in [0.05, 0.1) is 12.4 Å². The fourth-order valence-corrected chi connectivity index (χ4v) is 2.17. The van der Waals surface area contributed by atoms with Crippen molar-refractivity contribution in [2.24, 2.45) is 5.92 Å². The van der Waals surface area contributed by atoms with Crippen LogP contribution < -0.4 is 20.1 Å². The molecule has 0 spiro atoms. The number of nitrogens with one attached hydrogen (secondary N) is 2. The second-order valence-corrected chi connectivity index (χ2v) is 5.87. The second kappa shape index (κ2) is 7.16. The molecule has 2 aromatic rings. The Labute approximate surface area is 140 Å². The van der Waals surface area contributed by atoms with E-state index in [0.29, 0.717) is 42.9 Å². The molecule has 2 N–H and O–H groups in total. The number of nitrogens with zero attached hydrogens (tertiary/aromatic N) is 2. The van der Waals surface area contributed by atoms with Gasteiger partial charge in [-0.25, -0.2) is 9.97 Å². The van der Waals surface area contributed by atoms with Crippen LogP contribution >= 0.6 is 0 Å². The molecule has 2 heterocycles. The Bertz CT molecular complexity index is 716. The van der Waals surface area contributed by atoms with Crippen LogP contribution in [0.1, 0.15) is 24.3 Å². The van der Waals surface area contributed by atoms with E-state index in [4.69, 9.17) is 9.47 Å². The SMILES string of the molecule is CC(C)CNC(=O)c1cnc(Nc2ccc3c(c2)OCCO3)cn1. The molecule has 0 fully saturated rings. The number of carbonyl (C=O) groups excluding carboxylic acids is 1. The van der Waals surface area contributed by atoms with Gasteiger partial charge in [0.15, 0.2) is 11.5 Å². The summed E-state index contributed by atoms with van der Waals surface area (Å²) in [6, 6.07) is 5.57. The summed E-state index contributed by atoms with van der Waals surface area (Å²) in [5.74, 6) is 2.14. The predicted octanol–water partition coefficient (Wildman–Crippen LogP) is 2.38. The molecule has 126 valence electrons. The smallest absolute Gasteiger partial charge is 0.271 e. The number of anilines is 2. The highest BCUT2D eigenvalue weighted by Crippen LogP contribution is 2.33. The second-order valence-electron chi connectivity index (χ2n) is 5.87. The number of carbonyl (C=O) groups is 1. The van der Waals surface area contributed by atoms with E-state index >= 15 is 0 Å². The molecule has 1 amide bonds. The van der Waals surface area contributed by atoms with Gasteiger partial charge in [0.25, 0.3) is 5.91 Å². The average Bonchev–Trinajstić information content (AvgIpc) is 2.60. The van der Waals surface area contributed by atoms with Crippen molar-refractivity contribution < 1.29 is 14.3 Å². The summed E-state index contributed by atoms with van der Waals surface area (Å²) in [5.41, 5.74) is 1.11. The van der Waals surface area contributed by atoms with Crippen LogP contribution in [0, 0.1) is 5.92 Å². The molecular weight excluding hydrogens is 308 g/mol. The molecule has 0 aliphatic carbocycles. The quantitative estimate of drug-likeness (QED) is 0.876. The van der Waals surface area contributed by atoms with Gasteiger partial charge in [-0.15, -0.1) is 0 Å². The molecule has 1 aliphatic rings. The Kier molecular flexibility index (Phi) is 4.79. The maximum absolute atomic E-state index is 11.9. The summed E-state index contributed by atoms with van der Waals surface area (Å²) in [5, 5.41) is 5.94. The molecule has 7 heteroatoms. The molecule has 1 aromatic heterocycles. The largest absolute Gasteiger partial charge is 0.486 e. The molecule has 0 unspecified atom stereocenters. The Balaban J connectivity index is 1.65. The van der Waals surface area contributed by atoms with E-state index in [9.17, 15) is 4.79 Å². The van der Waals surface area contributed by atoms with E-state index in [-0.39, 0.29) is 5.91 Å². The number of amides is 1. The first-order chi connectivity index (χ1) is 11.6. The van der Waals surface area contributed by atoms with Gasteiger partial charge in [-0.3, -0.25) is 4.79 Å².